The molecule has 8 nitrogen and oxygen atoms in total. The predicted octanol–water partition coefficient (Wildman–Crippen LogP) is 3.95. The minimum absolute atomic E-state index is 0.169. The summed E-state index contributed by atoms with van der Waals surface area (Å²) < 4.78 is 13.1. The number of methoxy groups -OCH3 is 1. The van der Waals surface area contributed by atoms with E-state index in [2.05, 4.69) is 21.6 Å². The van der Waals surface area contributed by atoms with Crippen molar-refractivity contribution in [2.75, 3.05) is 12.4 Å². The van der Waals surface area contributed by atoms with Gasteiger partial charge in [-0.2, -0.15) is 5.26 Å². The predicted molar refractivity (Wildman–Crippen MR) is 118 cm³/mol. The summed E-state index contributed by atoms with van der Waals surface area (Å²) in [6.07, 6.45) is -0.370. The fourth-order valence-corrected chi connectivity index (χ4v) is 3.65. The quantitative estimate of drug-likeness (QED) is 0.532. The van der Waals surface area contributed by atoms with Gasteiger partial charge in [-0.05, 0) is 50.2 Å². The average molecular weight is 438 g/mol. The van der Waals surface area contributed by atoms with E-state index in [-0.39, 0.29) is 12.0 Å². The molecule has 1 aromatic heterocycles. The van der Waals surface area contributed by atoms with Crippen molar-refractivity contribution in [2.45, 2.75) is 30.4 Å². The molecule has 1 heterocycles. The fraction of sp³-hybridized carbons (Fsp3) is 0.273. The molecule has 160 valence electrons. The second-order valence-electron chi connectivity index (χ2n) is 6.75. The minimum Gasteiger partial charge on any atom is -0.493 e. The molecule has 9 heteroatoms. The first-order valence-electron chi connectivity index (χ1n) is 9.59. The second kappa shape index (κ2) is 10.00. The number of hydrogen-bond acceptors (Lipinski definition) is 7. The number of carbonyl (C=O) groups is 1. The van der Waals surface area contributed by atoms with Crippen LogP contribution in [0.25, 0.3) is 0 Å². The summed E-state index contributed by atoms with van der Waals surface area (Å²) in [5.74, 6) is 1.72. The smallest absolute Gasteiger partial charge is 0.237 e. The van der Waals surface area contributed by atoms with E-state index in [0.29, 0.717) is 33.7 Å². The number of benzene rings is 2. The molecule has 31 heavy (non-hydrogen) atoms. The maximum absolute atomic E-state index is 12.5. The Morgan fingerprint density at radius 3 is 2.45 bits per heavy atom. The Bertz CT molecular complexity index is 1090. The summed E-state index contributed by atoms with van der Waals surface area (Å²) in [7, 11) is 3.43. The highest BCUT2D eigenvalue weighted by Gasteiger charge is 2.22. The highest BCUT2D eigenvalue weighted by atomic mass is 32.2. The molecule has 1 amide bonds. The van der Waals surface area contributed by atoms with E-state index in [1.54, 1.807) is 38.3 Å². The van der Waals surface area contributed by atoms with Gasteiger partial charge < -0.3 is 19.4 Å². The highest BCUT2D eigenvalue weighted by Crippen LogP contribution is 2.31. The Labute approximate surface area is 185 Å². The molecule has 2 unspecified atom stereocenters. The van der Waals surface area contributed by atoms with Crippen molar-refractivity contribution in [3.63, 3.8) is 0 Å². The molecule has 0 aliphatic rings. The van der Waals surface area contributed by atoms with Crippen LogP contribution in [0.4, 0.5) is 5.69 Å². The van der Waals surface area contributed by atoms with Crippen LogP contribution in [0.1, 0.15) is 31.3 Å². The van der Waals surface area contributed by atoms with Crippen LogP contribution in [0.2, 0.25) is 0 Å². The van der Waals surface area contributed by atoms with Crippen LogP contribution in [0.3, 0.4) is 0 Å². The molecule has 0 spiro atoms. The number of rotatable bonds is 8. The van der Waals surface area contributed by atoms with Gasteiger partial charge in [0, 0.05) is 12.7 Å². The van der Waals surface area contributed by atoms with Gasteiger partial charge in [-0.3, -0.25) is 4.79 Å². The third kappa shape index (κ3) is 5.35. The lowest BCUT2D eigenvalue weighted by Crippen LogP contribution is -2.23. The molecule has 3 aromatic rings. The van der Waals surface area contributed by atoms with Gasteiger partial charge >= 0.3 is 0 Å². The molecule has 0 aliphatic carbocycles. The van der Waals surface area contributed by atoms with Crippen LogP contribution in [0.5, 0.6) is 11.5 Å². The SMILES string of the molecule is COc1ccccc1OC(C)c1nnc(SC(C)C(=O)Nc2ccc(C#N)cc2)n1C. The lowest BCUT2D eigenvalue weighted by Gasteiger charge is -2.16. The first kappa shape index (κ1) is 22.2. The van der Waals surface area contributed by atoms with Crippen LogP contribution in [-0.2, 0) is 11.8 Å². The van der Waals surface area contributed by atoms with Crippen molar-refractivity contribution in [2.24, 2.45) is 7.05 Å². The average Bonchev–Trinajstić information content (AvgIpc) is 3.14. The molecule has 0 radical (unpaired) electrons. The van der Waals surface area contributed by atoms with E-state index in [1.165, 1.54) is 11.8 Å². The van der Waals surface area contributed by atoms with Crippen molar-refractivity contribution in [1.29, 1.82) is 5.26 Å². The molecule has 0 bridgehead atoms. The fourth-order valence-electron chi connectivity index (χ4n) is 2.83. The number of ether oxygens (including phenoxy) is 2. The van der Waals surface area contributed by atoms with Gasteiger partial charge in [-0.25, -0.2) is 0 Å². The topological polar surface area (TPSA) is 102 Å². The maximum atomic E-state index is 12.5. The molecular formula is C22H23N5O3S. The van der Waals surface area contributed by atoms with Crippen molar-refractivity contribution in [3.05, 3.63) is 59.9 Å². The lowest BCUT2D eigenvalue weighted by atomic mass is 10.2. The number of nitrogens with one attached hydrogen (secondary N) is 1. The van der Waals surface area contributed by atoms with E-state index in [1.807, 2.05) is 42.8 Å². The van der Waals surface area contributed by atoms with E-state index < -0.39 is 5.25 Å². The zero-order valence-electron chi connectivity index (χ0n) is 17.7. The van der Waals surface area contributed by atoms with Crippen molar-refractivity contribution in [3.8, 4) is 17.6 Å². The number of carbonyl (C=O) groups excluding carboxylic acids is 1. The van der Waals surface area contributed by atoms with E-state index in [0.717, 1.165) is 0 Å². The Balaban J connectivity index is 1.64. The van der Waals surface area contributed by atoms with Crippen molar-refractivity contribution < 1.29 is 14.3 Å². The molecule has 2 atom stereocenters. The van der Waals surface area contributed by atoms with Gasteiger partial charge in [0.2, 0.25) is 5.91 Å². The molecule has 3 rings (SSSR count). The third-order valence-electron chi connectivity index (χ3n) is 4.54. The van der Waals surface area contributed by atoms with Gasteiger partial charge in [-0.1, -0.05) is 23.9 Å². The number of aromatic nitrogens is 3. The Kier molecular flexibility index (Phi) is 7.15. The maximum Gasteiger partial charge on any atom is 0.237 e. The van der Waals surface area contributed by atoms with Crippen molar-refractivity contribution in [1.82, 2.24) is 14.8 Å². The van der Waals surface area contributed by atoms with Gasteiger partial charge in [0.1, 0.15) is 0 Å². The van der Waals surface area contributed by atoms with Gasteiger partial charge in [-0.15, -0.1) is 10.2 Å². The first-order valence-corrected chi connectivity index (χ1v) is 10.5. The molecular weight excluding hydrogens is 414 g/mol. The number of nitrogens with zero attached hydrogens (tertiary/aromatic N) is 4. The summed E-state index contributed by atoms with van der Waals surface area (Å²) >= 11 is 1.30. The summed E-state index contributed by atoms with van der Waals surface area (Å²) in [5.41, 5.74) is 1.17. The van der Waals surface area contributed by atoms with E-state index in [4.69, 9.17) is 14.7 Å². The monoisotopic (exact) mass is 437 g/mol. The Hall–Kier alpha value is -3.51. The molecule has 1 N–H and O–H groups in total. The molecule has 0 aliphatic heterocycles. The number of anilines is 1. The van der Waals surface area contributed by atoms with Crippen LogP contribution in [0.15, 0.2) is 53.7 Å². The summed E-state index contributed by atoms with van der Waals surface area (Å²) in [4.78, 5) is 12.5. The Morgan fingerprint density at radius 2 is 1.81 bits per heavy atom. The van der Waals surface area contributed by atoms with Gasteiger partial charge in [0.25, 0.3) is 0 Å². The lowest BCUT2D eigenvalue weighted by molar-refractivity contribution is -0.115. The van der Waals surface area contributed by atoms with Crippen LogP contribution < -0.4 is 14.8 Å². The Morgan fingerprint density at radius 1 is 1.13 bits per heavy atom. The van der Waals surface area contributed by atoms with Crippen LogP contribution in [-0.4, -0.2) is 33.0 Å². The minimum atomic E-state index is -0.406. The van der Waals surface area contributed by atoms with Gasteiger partial charge in [0.15, 0.2) is 28.6 Å². The molecule has 0 fully saturated rings. The number of nitriles is 1. The number of hydrogen-bond donors (Lipinski definition) is 1. The first-order chi connectivity index (χ1) is 14.9. The number of amides is 1. The zero-order valence-corrected chi connectivity index (χ0v) is 18.5. The standard InChI is InChI=1S/C22H23N5O3S/c1-14(30-19-8-6-5-7-18(19)29-4)20-25-26-22(27(20)3)31-15(2)21(28)24-17-11-9-16(13-23)10-12-17/h5-12,14-15H,1-4H3,(H,24,28). The van der Waals surface area contributed by atoms with Crippen LogP contribution >= 0.6 is 11.8 Å². The number of para-hydroxylation sites is 2. The summed E-state index contributed by atoms with van der Waals surface area (Å²) in [5, 5.41) is 20.4. The third-order valence-corrected chi connectivity index (χ3v) is 5.67. The van der Waals surface area contributed by atoms with Crippen molar-refractivity contribution >= 4 is 23.4 Å². The summed E-state index contributed by atoms with van der Waals surface area (Å²) in [6, 6.07) is 16.2. The van der Waals surface area contributed by atoms with E-state index >= 15 is 0 Å². The highest BCUT2D eigenvalue weighted by molar-refractivity contribution is 8.00. The normalized spacial score (nSPS) is 12.5. The largest absolute Gasteiger partial charge is 0.493 e. The van der Waals surface area contributed by atoms with E-state index in [9.17, 15) is 4.79 Å². The number of thioether (sulfide) groups is 1. The molecule has 0 saturated carbocycles. The van der Waals surface area contributed by atoms with Crippen LogP contribution in [0, 0.1) is 11.3 Å². The second-order valence-corrected chi connectivity index (χ2v) is 8.06. The molecule has 0 saturated heterocycles. The molecule has 2 aromatic carbocycles. The van der Waals surface area contributed by atoms with Gasteiger partial charge in [0.05, 0.1) is 24.0 Å². The summed E-state index contributed by atoms with van der Waals surface area (Å²) in [6.45, 7) is 3.68. The zero-order chi connectivity index (χ0) is 22.4.